The molecule has 1 unspecified atom stereocenters. The molecule has 2 atom stereocenters. The number of carbonyl (C=O) groups excluding carboxylic acids is 1. The average molecular weight is 321 g/mol. The van der Waals surface area contributed by atoms with Gasteiger partial charge >= 0.3 is 0 Å². The lowest BCUT2D eigenvalue weighted by atomic mass is 10.0. The molecule has 5 nitrogen and oxygen atoms in total. The van der Waals surface area contributed by atoms with Crippen LogP contribution >= 0.6 is 0 Å². The van der Waals surface area contributed by atoms with Crippen molar-refractivity contribution in [3.05, 3.63) is 23.8 Å². The van der Waals surface area contributed by atoms with Crippen molar-refractivity contribution in [2.75, 3.05) is 33.9 Å². The smallest absolute Gasteiger partial charge is 0.255 e. The SMILES string of the molecule is COc1ccc(OC)c(C(=O)NCCC[NH+]2CCCC[C@H]2C)c1. The molecule has 0 radical (unpaired) electrons. The van der Waals surface area contributed by atoms with Crippen LogP contribution in [0, 0.1) is 0 Å². The molecule has 0 aromatic heterocycles. The maximum absolute atomic E-state index is 12.4. The maximum Gasteiger partial charge on any atom is 0.255 e. The fourth-order valence-electron chi connectivity index (χ4n) is 3.23. The largest absolute Gasteiger partial charge is 0.497 e. The number of likely N-dealkylation sites (tertiary alicyclic amines) is 1. The molecule has 0 saturated carbocycles. The van der Waals surface area contributed by atoms with Crippen molar-refractivity contribution >= 4 is 5.91 Å². The fourth-order valence-corrected chi connectivity index (χ4v) is 3.23. The highest BCUT2D eigenvalue weighted by atomic mass is 16.5. The third-order valence-electron chi connectivity index (χ3n) is 4.69. The number of hydrogen-bond acceptors (Lipinski definition) is 3. The standard InChI is InChI=1S/C18H28N2O3/c1-14-7-4-5-11-20(14)12-6-10-19-18(21)16-13-15(22-2)8-9-17(16)23-3/h8-9,13-14H,4-7,10-12H2,1-3H3,(H,19,21)/p+1/t14-/m1/s1. The van der Waals surface area contributed by atoms with E-state index in [1.165, 1.54) is 25.8 Å². The fraction of sp³-hybridized carbons (Fsp3) is 0.611. The van der Waals surface area contributed by atoms with Crippen LogP contribution in [-0.2, 0) is 0 Å². The lowest BCUT2D eigenvalue weighted by Crippen LogP contribution is -3.16. The first-order valence-corrected chi connectivity index (χ1v) is 8.50. The van der Waals surface area contributed by atoms with Crippen LogP contribution in [0.25, 0.3) is 0 Å². The molecule has 1 saturated heterocycles. The van der Waals surface area contributed by atoms with Crippen LogP contribution in [-0.4, -0.2) is 45.8 Å². The van der Waals surface area contributed by atoms with E-state index < -0.39 is 0 Å². The van der Waals surface area contributed by atoms with Gasteiger partial charge in [0.25, 0.3) is 5.91 Å². The number of benzene rings is 1. The first-order chi connectivity index (χ1) is 11.2. The molecule has 1 heterocycles. The van der Waals surface area contributed by atoms with Gasteiger partial charge in [0.1, 0.15) is 11.5 Å². The molecule has 23 heavy (non-hydrogen) atoms. The first kappa shape index (κ1) is 17.6. The zero-order valence-corrected chi connectivity index (χ0v) is 14.5. The van der Waals surface area contributed by atoms with Gasteiger partial charge in [-0.15, -0.1) is 0 Å². The van der Waals surface area contributed by atoms with Gasteiger partial charge in [-0.2, -0.15) is 0 Å². The monoisotopic (exact) mass is 321 g/mol. The molecule has 1 amide bonds. The summed E-state index contributed by atoms with van der Waals surface area (Å²) in [5, 5.41) is 2.99. The van der Waals surface area contributed by atoms with Crippen molar-refractivity contribution in [2.24, 2.45) is 0 Å². The molecule has 2 rings (SSSR count). The van der Waals surface area contributed by atoms with Crippen molar-refractivity contribution in [3.63, 3.8) is 0 Å². The third kappa shape index (κ3) is 4.86. The van der Waals surface area contributed by atoms with Gasteiger partial charge in [-0.3, -0.25) is 4.79 Å². The van der Waals surface area contributed by atoms with Crippen molar-refractivity contribution in [3.8, 4) is 11.5 Å². The molecule has 1 fully saturated rings. The van der Waals surface area contributed by atoms with E-state index in [2.05, 4.69) is 12.2 Å². The first-order valence-electron chi connectivity index (χ1n) is 8.50. The van der Waals surface area contributed by atoms with E-state index in [1.807, 2.05) is 0 Å². The van der Waals surface area contributed by atoms with Gasteiger partial charge in [0.05, 0.1) is 38.9 Å². The number of rotatable bonds is 7. The second-order valence-electron chi connectivity index (χ2n) is 6.23. The molecule has 0 spiro atoms. The molecule has 5 heteroatoms. The summed E-state index contributed by atoms with van der Waals surface area (Å²) in [6.45, 7) is 5.40. The topological polar surface area (TPSA) is 52.0 Å². The minimum Gasteiger partial charge on any atom is -0.497 e. The summed E-state index contributed by atoms with van der Waals surface area (Å²) in [6, 6.07) is 6.01. The van der Waals surface area contributed by atoms with E-state index in [0.717, 1.165) is 19.0 Å². The van der Waals surface area contributed by atoms with Crippen LogP contribution in [0.1, 0.15) is 43.0 Å². The van der Waals surface area contributed by atoms with Gasteiger partial charge in [0, 0.05) is 13.0 Å². The van der Waals surface area contributed by atoms with Gasteiger partial charge in [0.2, 0.25) is 0 Å². The van der Waals surface area contributed by atoms with Gasteiger partial charge in [-0.1, -0.05) is 0 Å². The van der Waals surface area contributed by atoms with Crippen molar-refractivity contribution in [2.45, 2.75) is 38.6 Å². The number of quaternary nitrogens is 1. The van der Waals surface area contributed by atoms with Crippen LogP contribution < -0.4 is 19.7 Å². The van der Waals surface area contributed by atoms with Crippen molar-refractivity contribution in [1.29, 1.82) is 0 Å². The maximum atomic E-state index is 12.4. The van der Waals surface area contributed by atoms with Gasteiger partial charge in [-0.05, 0) is 44.4 Å². The quantitative estimate of drug-likeness (QED) is 0.744. The minimum atomic E-state index is -0.109. The second-order valence-corrected chi connectivity index (χ2v) is 6.23. The molecule has 1 aliphatic heterocycles. The highest BCUT2D eigenvalue weighted by Gasteiger charge is 2.21. The highest BCUT2D eigenvalue weighted by molar-refractivity contribution is 5.97. The Morgan fingerprint density at radius 2 is 2.13 bits per heavy atom. The Kier molecular flexibility index (Phi) is 6.71. The lowest BCUT2D eigenvalue weighted by molar-refractivity contribution is -0.928. The average Bonchev–Trinajstić information content (AvgIpc) is 2.59. The van der Waals surface area contributed by atoms with Crippen LogP contribution in [0.5, 0.6) is 11.5 Å². The second kappa shape index (κ2) is 8.77. The summed E-state index contributed by atoms with van der Waals surface area (Å²) in [6.07, 6.45) is 5.00. The number of amides is 1. The van der Waals surface area contributed by atoms with E-state index >= 15 is 0 Å². The van der Waals surface area contributed by atoms with E-state index in [4.69, 9.17) is 9.47 Å². The zero-order valence-electron chi connectivity index (χ0n) is 14.5. The molecular formula is C18H29N2O3+. The van der Waals surface area contributed by atoms with Gasteiger partial charge < -0.3 is 19.7 Å². The van der Waals surface area contributed by atoms with Gasteiger partial charge in [0.15, 0.2) is 0 Å². The molecule has 0 aliphatic carbocycles. The Balaban J connectivity index is 1.82. The predicted octanol–water partition coefficient (Wildman–Crippen LogP) is 1.28. The number of carbonyl (C=O) groups is 1. The van der Waals surface area contributed by atoms with E-state index in [9.17, 15) is 4.79 Å². The van der Waals surface area contributed by atoms with Gasteiger partial charge in [-0.25, -0.2) is 0 Å². The Hall–Kier alpha value is -1.75. The summed E-state index contributed by atoms with van der Waals surface area (Å²) in [5.41, 5.74) is 0.519. The Morgan fingerprint density at radius 1 is 1.30 bits per heavy atom. The summed E-state index contributed by atoms with van der Waals surface area (Å²) in [5.74, 6) is 1.11. The third-order valence-corrected chi connectivity index (χ3v) is 4.69. The number of nitrogens with one attached hydrogen (secondary N) is 2. The predicted molar refractivity (Wildman–Crippen MR) is 90.5 cm³/mol. The van der Waals surface area contributed by atoms with E-state index in [0.29, 0.717) is 23.6 Å². The summed E-state index contributed by atoms with van der Waals surface area (Å²) >= 11 is 0. The van der Waals surface area contributed by atoms with E-state index in [1.54, 1.807) is 37.3 Å². The molecule has 2 N–H and O–H groups in total. The lowest BCUT2D eigenvalue weighted by Gasteiger charge is -2.30. The zero-order chi connectivity index (χ0) is 16.7. The molecule has 0 bridgehead atoms. The normalized spacial score (nSPS) is 20.8. The van der Waals surface area contributed by atoms with Crippen LogP contribution in [0.3, 0.4) is 0 Å². The number of ether oxygens (including phenoxy) is 2. The molecule has 1 aromatic carbocycles. The number of methoxy groups -OCH3 is 2. The Morgan fingerprint density at radius 3 is 2.83 bits per heavy atom. The number of hydrogen-bond donors (Lipinski definition) is 2. The summed E-state index contributed by atoms with van der Waals surface area (Å²) in [4.78, 5) is 14.0. The highest BCUT2D eigenvalue weighted by Crippen LogP contribution is 2.23. The molecule has 1 aromatic rings. The molecular weight excluding hydrogens is 292 g/mol. The molecule has 1 aliphatic rings. The summed E-state index contributed by atoms with van der Waals surface area (Å²) < 4.78 is 10.4. The van der Waals surface area contributed by atoms with Crippen molar-refractivity contribution in [1.82, 2.24) is 5.32 Å². The molecule has 128 valence electrons. The summed E-state index contributed by atoms with van der Waals surface area (Å²) in [7, 11) is 3.16. The van der Waals surface area contributed by atoms with Crippen molar-refractivity contribution < 1.29 is 19.2 Å². The van der Waals surface area contributed by atoms with E-state index in [-0.39, 0.29) is 5.91 Å². The number of piperidine rings is 1. The minimum absolute atomic E-state index is 0.109. The van der Waals surface area contributed by atoms with Crippen LogP contribution in [0.15, 0.2) is 18.2 Å². The Labute approximate surface area is 139 Å². The van der Waals surface area contributed by atoms with Crippen LogP contribution in [0.4, 0.5) is 0 Å². The van der Waals surface area contributed by atoms with Crippen LogP contribution in [0.2, 0.25) is 0 Å². The Bertz CT molecular complexity index is 519.